The third-order valence-corrected chi connectivity index (χ3v) is 4.46. The van der Waals surface area contributed by atoms with Crippen molar-refractivity contribution in [1.82, 2.24) is 4.98 Å². The molecule has 1 heteroatoms. The zero-order valence-corrected chi connectivity index (χ0v) is 13.7. The van der Waals surface area contributed by atoms with E-state index >= 15 is 0 Å². The van der Waals surface area contributed by atoms with E-state index in [-0.39, 0.29) is 0 Å². The van der Waals surface area contributed by atoms with Crippen molar-refractivity contribution in [1.29, 1.82) is 0 Å². The van der Waals surface area contributed by atoms with Gasteiger partial charge < -0.3 is 0 Å². The summed E-state index contributed by atoms with van der Waals surface area (Å²) in [5.41, 5.74) is 3.89. The molecule has 0 bridgehead atoms. The number of unbranched alkanes of at least 4 members (excludes halogenated alkanes) is 9. The molecular formula is C20H31N. The highest BCUT2D eigenvalue weighted by Gasteiger charge is 2.06. The van der Waals surface area contributed by atoms with Gasteiger partial charge in [0, 0.05) is 12.1 Å². The molecule has 1 nitrogen and oxygen atoms in total. The van der Waals surface area contributed by atoms with Gasteiger partial charge in [-0.15, -0.1) is 0 Å². The summed E-state index contributed by atoms with van der Waals surface area (Å²) in [6, 6.07) is 4.44. The fourth-order valence-electron chi connectivity index (χ4n) is 3.10. The normalized spacial score (nSPS) is 12.8. The summed E-state index contributed by atoms with van der Waals surface area (Å²) in [6.07, 6.45) is 20.6. The number of fused-ring (bicyclic) bond motifs is 1. The van der Waals surface area contributed by atoms with Gasteiger partial charge in [0.2, 0.25) is 0 Å². The average molecular weight is 285 g/mol. The first kappa shape index (κ1) is 16.3. The van der Waals surface area contributed by atoms with Gasteiger partial charge in [0.05, 0.1) is 5.69 Å². The van der Waals surface area contributed by atoms with E-state index in [4.69, 9.17) is 4.98 Å². The molecule has 0 aliphatic heterocycles. The van der Waals surface area contributed by atoms with Crippen LogP contribution in [-0.2, 0) is 12.8 Å². The first-order valence-corrected chi connectivity index (χ1v) is 9.05. The zero-order chi connectivity index (χ0) is 14.8. The summed E-state index contributed by atoms with van der Waals surface area (Å²) in [6.45, 7) is 2.28. The summed E-state index contributed by atoms with van der Waals surface area (Å²) in [5, 5.41) is 0. The van der Waals surface area contributed by atoms with Crippen LogP contribution in [0.2, 0.25) is 0 Å². The molecule has 0 atom stereocenters. The predicted molar refractivity (Wildman–Crippen MR) is 92.5 cm³/mol. The van der Waals surface area contributed by atoms with Crippen LogP contribution in [0.4, 0.5) is 0 Å². The largest absolute Gasteiger partial charge is 0.257 e. The van der Waals surface area contributed by atoms with Crippen LogP contribution in [-0.4, -0.2) is 4.98 Å². The second-order valence-electron chi connectivity index (χ2n) is 6.38. The molecule has 0 aromatic carbocycles. The Morgan fingerprint density at radius 2 is 1.52 bits per heavy atom. The molecule has 1 aromatic heterocycles. The van der Waals surface area contributed by atoms with E-state index in [0.717, 1.165) is 12.8 Å². The van der Waals surface area contributed by atoms with Gasteiger partial charge in [-0.25, -0.2) is 0 Å². The number of nitrogens with zero attached hydrogens (tertiary/aromatic N) is 1. The standard InChI is InChI=1S/C20H31N/c1-2-3-4-5-6-7-8-9-10-11-14-19-17-16-18-13-12-15-20(18)21-19/h12-13,16-17H,2-11,14-15H2,1H3. The van der Waals surface area contributed by atoms with Crippen LogP contribution in [0, 0.1) is 0 Å². The minimum absolute atomic E-state index is 1.03. The van der Waals surface area contributed by atoms with Gasteiger partial charge in [-0.05, 0) is 24.5 Å². The molecule has 1 aliphatic carbocycles. The van der Waals surface area contributed by atoms with Crippen LogP contribution in [0.25, 0.3) is 6.08 Å². The van der Waals surface area contributed by atoms with Crippen LogP contribution in [0.15, 0.2) is 18.2 Å². The van der Waals surface area contributed by atoms with Gasteiger partial charge in [-0.2, -0.15) is 0 Å². The first-order chi connectivity index (χ1) is 10.4. The molecule has 0 radical (unpaired) electrons. The number of aryl methyl sites for hydroxylation is 1. The molecule has 116 valence electrons. The Balaban J connectivity index is 1.47. The number of hydrogen-bond donors (Lipinski definition) is 0. The second-order valence-corrected chi connectivity index (χ2v) is 6.38. The Labute approximate surface area is 130 Å². The Hall–Kier alpha value is -1.11. The fraction of sp³-hybridized carbons (Fsp3) is 0.650. The number of rotatable bonds is 11. The number of hydrogen-bond acceptors (Lipinski definition) is 1. The maximum atomic E-state index is 4.77. The lowest BCUT2D eigenvalue weighted by molar-refractivity contribution is 0.555. The van der Waals surface area contributed by atoms with Gasteiger partial charge in [0.15, 0.2) is 0 Å². The lowest BCUT2D eigenvalue weighted by atomic mass is 10.0. The molecule has 0 saturated heterocycles. The molecule has 0 fully saturated rings. The maximum absolute atomic E-state index is 4.77. The molecule has 0 saturated carbocycles. The predicted octanol–water partition coefficient (Wildman–Crippen LogP) is 6.11. The summed E-state index contributed by atoms with van der Waals surface area (Å²) in [4.78, 5) is 4.77. The van der Waals surface area contributed by atoms with Gasteiger partial charge >= 0.3 is 0 Å². The van der Waals surface area contributed by atoms with E-state index in [1.807, 2.05) is 0 Å². The molecule has 21 heavy (non-hydrogen) atoms. The molecule has 1 aromatic rings. The maximum Gasteiger partial charge on any atom is 0.0516 e. The Kier molecular flexibility index (Phi) is 7.56. The quantitative estimate of drug-likeness (QED) is 0.447. The van der Waals surface area contributed by atoms with Crippen molar-refractivity contribution in [3.63, 3.8) is 0 Å². The molecule has 2 rings (SSSR count). The Morgan fingerprint density at radius 1 is 0.857 bits per heavy atom. The fourth-order valence-corrected chi connectivity index (χ4v) is 3.10. The Bertz CT molecular complexity index is 433. The zero-order valence-electron chi connectivity index (χ0n) is 13.7. The lowest BCUT2D eigenvalue weighted by Gasteiger charge is -2.05. The summed E-state index contributed by atoms with van der Waals surface area (Å²) in [5.74, 6) is 0. The monoisotopic (exact) mass is 285 g/mol. The van der Waals surface area contributed by atoms with Crippen molar-refractivity contribution in [3.05, 3.63) is 35.2 Å². The van der Waals surface area contributed by atoms with Crippen LogP contribution >= 0.6 is 0 Å². The van der Waals surface area contributed by atoms with Gasteiger partial charge in [0.1, 0.15) is 0 Å². The van der Waals surface area contributed by atoms with E-state index < -0.39 is 0 Å². The van der Waals surface area contributed by atoms with Crippen molar-refractivity contribution in [2.45, 2.75) is 84.0 Å². The lowest BCUT2D eigenvalue weighted by Crippen LogP contribution is -1.95. The highest BCUT2D eigenvalue weighted by Crippen LogP contribution is 2.18. The van der Waals surface area contributed by atoms with Gasteiger partial charge in [-0.1, -0.05) is 82.9 Å². The van der Waals surface area contributed by atoms with Gasteiger partial charge in [-0.3, -0.25) is 4.98 Å². The molecule has 1 aliphatic rings. The number of pyridine rings is 1. The second kappa shape index (κ2) is 9.76. The molecular weight excluding hydrogens is 254 g/mol. The summed E-state index contributed by atoms with van der Waals surface area (Å²) in [7, 11) is 0. The van der Waals surface area contributed by atoms with Crippen molar-refractivity contribution < 1.29 is 0 Å². The third-order valence-electron chi connectivity index (χ3n) is 4.46. The van der Waals surface area contributed by atoms with E-state index in [1.165, 1.54) is 81.2 Å². The average Bonchev–Trinajstić information content (AvgIpc) is 2.97. The third kappa shape index (κ3) is 6.03. The van der Waals surface area contributed by atoms with Crippen molar-refractivity contribution in [3.8, 4) is 0 Å². The number of allylic oxidation sites excluding steroid dienone is 1. The molecule has 0 N–H and O–H groups in total. The van der Waals surface area contributed by atoms with E-state index in [0.29, 0.717) is 0 Å². The summed E-state index contributed by atoms with van der Waals surface area (Å²) >= 11 is 0. The van der Waals surface area contributed by atoms with E-state index in [1.54, 1.807) is 0 Å². The SMILES string of the molecule is CCCCCCCCCCCCc1ccc2c(n1)CC=C2. The molecule has 1 heterocycles. The summed E-state index contributed by atoms with van der Waals surface area (Å²) < 4.78 is 0. The van der Waals surface area contributed by atoms with Crippen molar-refractivity contribution >= 4 is 6.08 Å². The minimum atomic E-state index is 1.03. The minimum Gasteiger partial charge on any atom is -0.257 e. The Morgan fingerprint density at radius 3 is 2.24 bits per heavy atom. The number of aromatic nitrogens is 1. The van der Waals surface area contributed by atoms with Crippen LogP contribution in [0.5, 0.6) is 0 Å². The van der Waals surface area contributed by atoms with Crippen molar-refractivity contribution in [2.75, 3.05) is 0 Å². The molecule has 0 unspecified atom stereocenters. The van der Waals surface area contributed by atoms with Crippen LogP contribution < -0.4 is 0 Å². The van der Waals surface area contributed by atoms with E-state index in [2.05, 4.69) is 31.2 Å². The van der Waals surface area contributed by atoms with Gasteiger partial charge in [0.25, 0.3) is 0 Å². The topological polar surface area (TPSA) is 12.9 Å². The van der Waals surface area contributed by atoms with Crippen molar-refractivity contribution in [2.24, 2.45) is 0 Å². The molecule has 0 amide bonds. The highest BCUT2D eigenvalue weighted by molar-refractivity contribution is 5.57. The highest BCUT2D eigenvalue weighted by atomic mass is 14.7. The molecule has 0 spiro atoms. The van der Waals surface area contributed by atoms with Crippen LogP contribution in [0.1, 0.15) is 88.1 Å². The van der Waals surface area contributed by atoms with E-state index in [9.17, 15) is 0 Å². The smallest absolute Gasteiger partial charge is 0.0516 e. The first-order valence-electron chi connectivity index (χ1n) is 9.05. The van der Waals surface area contributed by atoms with Crippen LogP contribution in [0.3, 0.4) is 0 Å².